The Balaban J connectivity index is 1.64. The molecule has 25 heavy (non-hydrogen) atoms. The maximum atomic E-state index is 12.5. The number of nitrogens with zero attached hydrogens (tertiary/aromatic N) is 1. The summed E-state index contributed by atoms with van der Waals surface area (Å²) in [5.74, 6) is -0.812. The van der Waals surface area contributed by atoms with Crippen LogP contribution in [-0.2, 0) is 19.1 Å². The van der Waals surface area contributed by atoms with Crippen LogP contribution in [0.15, 0.2) is 0 Å². The van der Waals surface area contributed by atoms with Gasteiger partial charge >= 0.3 is 5.97 Å². The second-order valence-electron chi connectivity index (χ2n) is 6.32. The van der Waals surface area contributed by atoms with Crippen molar-refractivity contribution in [3.8, 4) is 0 Å². The summed E-state index contributed by atoms with van der Waals surface area (Å²) in [4.78, 5) is 39.2. The van der Waals surface area contributed by atoms with Gasteiger partial charge in [0.05, 0.1) is 18.8 Å². The van der Waals surface area contributed by atoms with E-state index in [1.165, 1.54) is 11.3 Å². The Kier molecular flexibility index (Phi) is 5.39. The van der Waals surface area contributed by atoms with Gasteiger partial charge in [-0.05, 0) is 32.3 Å². The van der Waals surface area contributed by atoms with Gasteiger partial charge in [-0.15, -0.1) is 11.3 Å². The molecule has 2 amide bonds. The maximum absolute atomic E-state index is 12.5. The number of aryl methyl sites for hydroxylation is 1. The molecule has 0 radical (unpaired) electrons. The van der Waals surface area contributed by atoms with Crippen molar-refractivity contribution in [1.82, 2.24) is 4.90 Å². The highest BCUT2D eigenvalue weighted by atomic mass is 32.1. The summed E-state index contributed by atoms with van der Waals surface area (Å²) in [7, 11) is 0. The van der Waals surface area contributed by atoms with E-state index in [4.69, 9.17) is 9.47 Å². The van der Waals surface area contributed by atoms with Crippen LogP contribution in [0.3, 0.4) is 0 Å². The number of nitrogens with one attached hydrogen (secondary N) is 1. The van der Waals surface area contributed by atoms with Crippen LogP contribution in [0.1, 0.15) is 33.6 Å². The first-order chi connectivity index (χ1) is 12.0. The number of ether oxygens (including phenoxy) is 2. The van der Waals surface area contributed by atoms with E-state index in [9.17, 15) is 14.4 Å². The summed E-state index contributed by atoms with van der Waals surface area (Å²) in [5.41, 5.74) is 1.13. The van der Waals surface area contributed by atoms with Gasteiger partial charge in [0.2, 0.25) is 5.91 Å². The summed E-state index contributed by atoms with van der Waals surface area (Å²) in [6.45, 7) is 5.43. The molecule has 2 fully saturated rings. The fraction of sp³-hybridized carbons (Fsp3) is 0.588. The molecular weight excluding hydrogens is 344 g/mol. The Bertz CT molecular complexity index is 689. The summed E-state index contributed by atoms with van der Waals surface area (Å²) in [6.07, 6.45) is 1.78. The normalized spacial score (nSPS) is 17.3. The minimum absolute atomic E-state index is 0.0504. The van der Waals surface area contributed by atoms with Gasteiger partial charge in [0.25, 0.3) is 5.91 Å². The van der Waals surface area contributed by atoms with E-state index in [-0.39, 0.29) is 24.3 Å². The van der Waals surface area contributed by atoms with Gasteiger partial charge in [-0.1, -0.05) is 0 Å². The van der Waals surface area contributed by atoms with Crippen LogP contribution in [0.5, 0.6) is 0 Å². The predicted octanol–water partition coefficient (Wildman–Crippen LogP) is 1.73. The molecule has 136 valence electrons. The van der Waals surface area contributed by atoms with Crippen molar-refractivity contribution in [1.29, 1.82) is 0 Å². The number of hydrogen-bond donors (Lipinski definition) is 1. The van der Waals surface area contributed by atoms with Crippen molar-refractivity contribution in [3.63, 3.8) is 0 Å². The SMILES string of the molecule is Cc1sc(NC(=O)C2CC2)c(C(=O)OCC(=O)N2CCOCC2)c1C. The molecule has 1 saturated heterocycles. The Labute approximate surface area is 150 Å². The lowest BCUT2D eigenvalue weighted by atomic mass is 10.1. The largest absolute Gasteiger partial charge is 0.452 e. The van der Waals surface area contributed by atoms with Gasteiger partial charge in [-0.2, -0.15) is 0 Å². The van der Waals surface area contributed by atoms with E-state index in [1.807, 2.05) is 13.8 Å². The smallest absolute Gasteiger partial charge is 0.341 e. The number of hydrogen-bond acceptors (Lipinski definition) is 6. The summed E-state index contributed by atoms with van der Waals surface area (Å²) >= 11 is 1.36. The first-order valence-electron chi connectivity index (χ1n) is 8.41. The van der Waals surface area contributed by atoms with Gasteiger partial charge < -0.3 is 19.7 Å². The third-order valence-electron chi connectivity index (χ3n) is 4.46. The number of carbonyl (C=O) groups is 3. The van der Waals surface area contributed by atoms with Crippen molar-refractivity contribution >= 4 is 34.1 Å². The third-order valence-corrected chi connectivity index (χ3v) is 5.59. The van der Waals surface area contributed by atoms with Crippen molar-refractivity contribution in [2.75, 3.05) is 38.2 Å². The molecule has 0 atom stereocenters. The highest BCUT2D eigenvalue weighted by Gasteiger charge is 2.32. The average molecular weight is 366 g/mol. The van der Waals surface area contributed by atoms with Gasteiger partial charge in [-0.3, -0.25) is 9.59 Å². The lowest BCUT2D eigenvalue weighted by Crippen LogP contribution is -2.42. The lowest BCUT2D eigenvalue weighted by Gasteiger charge is -2.26. The molecule has 8 heteroatoms. The number of esters is 1. The van der Waals surface area contributed by atoms with E-state index >= 15 is 0 Å². The lowest BCUT2D eigenvalue weighted by molar-refractivity contribution is -0.138. The molecule has 2 aliphatic rings. The molecule has 0 unspecified atom stereocenters. The van der Waals surface area contributed by atoms with Crippen molar-refractivity contribution in [2.45, 2.75) is 26.7 Å². The quantitative estimate of drug-likeness (QED) is 0.802. The molecule has 0 spiro atoms. The van der Waals surface area contributed by atoms with Gasteiger partial charge in [-0.25, -0.2) is 4.79 Å². The standard InChI is InChI=1S/C17H22N2O5S/c1-10-11(2)25-16(18-15(21)12-3-4-12)14(10)17(22)24-9-13(20)19-5-7-23-8-6-19/h12H,3-9H2,1-2H3,(H,18,21). The monoisotopic (exact) mass is 366 g/mol. The average Bonchev–Trinajstić information content (AvgIpc) is 3.41. The number of thiophene rings is 1. The molecule has 7 nitrogen and oxygen atoms in total. The Morgan fingerprint density at radius 3 is 2.56 bits per heavy atom. The van der Waals surface area contributed by atoms with E-state index in [1.54, 1.807) is 4.90 Å². The van der Waals surface area contributed by atoms with E-state index < -0.39 is 5.97 Å². The van der Waals surface area contributed by atoms with Gasteiger partial charge in [0.1, 0.15) is 5.00 Å². The molecule has 0 bridgehead atoms. The predicted molar refractivity (Wildman–Crippen MR) is 92.8 cm³/mol. The molecule has 1 aromatic heterocycles. The molecule has 0 aromatic carbocycles. The third kappa shape index (κ3) is 4.19. The van der Waals surface area contributed by atoms with Crippen LogP contribution in [0.4, 0.5) is 5.00 Å². The van der Waals surface area contributed by atoms with Crippen molar-refractivity contribution in [3.05, 3.63) is 16.0 Å². The van der Waals surface area contributed by atoms with Gasteiger partial charge in [0, 0.05) is 23.9 Å². The molecule has 1 N–H and O–H groups in total. The molecule has 1 aliphatic carbocycles. The Morgan fingerprint density at radius 2 is 1.92 bits per heavy atom. The number of anilines is 1. The van der Waals surface area contributed by atoms with Crippen LogP contribution >= 0.6 is 11.3 Å². The van der Waals surface area contributed by atoms with Crippen molar-refractivity contribution in [2.24, 2.45) is 5.92 Å². The second-order valence-corrected chi connectivity index (χ2v) is 7.54. The molecule has 2 heterocycles. The van der Waals surface area contributed by atoms with Crippen LogP contribution in [0.2, 0.25) is 0 Å². The zero-order valence-corrected chi connectivity index (χ0v) is 15.2. The Hall–Kier alpha value is -1.93. The van der Waals surface area contributed by atoms with Crippen LogP contribution in [0.25, 0.3) is 0 Å². The van der Waals surface area contributed by atoms with Crippen molar-refractivity contribution < 1.29 is 23.9 Å². The second kappa shape index (κ2) is 7.53. The van der Waals surface area contributed by atoms with E-state index in [2.05, 4.69) is 5.32 Å². The molecule has 3 rings (SSSR count). The van der Waals surface area contributed by atoms with E-state index in [0.717, 1.165) is 23.3 Å². The first kappa shape index (κ1) is 17.9. The van der Waals surface area contributed by atoms with Crippen LogP contribution < -0.4 is 5.32 Å². The minimum Gasteiger partial charge on any atom is -0.452 e. The minimum atomic E-state index is -0.574. The molecule has 1 saturated carbocycles. The summed E-state index contributed by atoms with van der Waals surface area (Å²) in [5, 5.41) is 3.34. The fourth-order valence-corrected chi connectivity index (χ4v) is 3.68. The first-order valence-corrected chi connectivity index (χ1v) is 9.22. The number of morpholine rings is 1. The van der Waals surface area contributed by atoms with E-state index in [0.29, 0.717) is 36.9 Å². The maximum Gasteiger partial charge on any atom is 0.341 e. The van der Waals surface area contributed by atoms with Gasteiger partial charge in [0.15, 0.2) is 6.61 Å². The van der Waals surface area contributed by atoms with Crippen LogP contribution in [0, 0.1) is 19.8 Å². The summed E-state index contributed by atoms with van der Waals surface area (Å²) in [6, 6.07) is 0. The highest BCUT2D eigenvalue weighted by Crippen LogP contribution is 2.36. The summed E-state index contributed by atoms with van der Waals surface area (Å²) < 4.78 is 10.4. The zero-order valence-electron chi connectivity index (χ0n) is 14.4. The topological polar surface area (TPSA) is 84.9 Å². The number of rotatable bonds is 5. The molecular formula is C17H22N2O5S. The fourth-order valence-electron chi connectivity index (χ4n) is 2.62. The molecule has 1 aromatic rings. The highest BCUT2D eigenvalue weighted by molar-refractivity contribution is 7.16. The Morgan fingerprint density at radius 1 is 1.24 bits per heavy atom. The zero-order chi connectivity index (χ0) is 18.0. The van der Waals surface area contributed by atoms with Crippen LogP contribution in [-0.4, -0.2) is 55.6 Å². The number of carbonyl (C=O) groups excluding carboxylic acids is 3. The number of amides is 2. The molecule has 1 aliphatic heterocycles.